The quantitative estimate of drug-likeness (QED) is 0.501. The van der Waals surface area contributed by atoms with Crippen LogP contribution in [0.15, 0.2) is 92.1 Å². The minimum Gasteiger partial charge on any atom is -0.490 e. The number of carbonyl (C=O) groups excluding carboxylic acids is 1. The maximum atomic E-state index is 12.8. The summed E-state index contributed by atoms with van der Waals surface area (Å²) in [6.45, 7) is 0.871. The number of aliphatic imine (C=N–C) groups is 2. The number of Topliss-reactive ketones (excluding diaryl/α,β-unsaturated/α-hetero) is 1. The highest BCUT2D eigenvalue weighted by Crippen LogP contribution is 2.42. The molecule has 3 atom stereocenters. The van der Waals surface area contributed by atoms with Crippen molar-refractivity contribution in [3.05, 3.63) is 82.1 Å². The van der Waals surface area contributed by atoms with Crippen molar-refractivity contribution in [1.82, 2.24) is 9.32 Å². The lowest BCUT2D eigenvalue weighted by molar-refractivity contribution is -0.118. The molecule has 1 saturated carbocycles. The number of allylic oxidation sites excluding steroid dienone is 8. The molecule has 0 aromatic heterocycles. The Morgan fingerprint density at radius 3 is 3.00 bits per heavy atom. The minimum absolute atomic E-state index is 0.0994. The monoisotopic (exact) mass is 471 g/mol. The Bertz CT molecular complexity index is 1290. The Kier molecular flexibility index (Phi) is 5.20. The number of rotatable bonds is 0. The Labute approximate surface area is 202 Å². The molecule has 7 bridgehead atoms. The van der Waals surface area contributed by atoms with Crippen LogP contribution in [0.5, 0.6) is 0 Å². The second-order valence-corrected chi connectivity index (χ2v) is 9.34. The van der Waals surface area contributed by atoms with E-state index in [0.717, 1.165) is 29.6 Å². The van der Waals surface area contributed by atoms with Crippen LogP contribution in [0.4, 0.5) is 0 Å². The molecule has 34 heavy (non-hydrogen) atoms. The normalized spacial score (nSPS) is 30.1. The van der Waals surface area contributed by atoms with E-state index in [-0.39, 0.29) is 23.8 Å². The molecule has 0 amide bonds. The highest BCUT2D eigenvalue weighted by Gasteiger charge is 2.35. The first kappa shape index (κ1) is 21.1. The smallest absolute Gasteiger partial charge is 0.160 e. The second-order valence-electron chi connectivity index (χ2n) is 8.98. The Morgan fingerprint density at radius 1 is 1.24 bits per heavy atom. The molecule has 7 nitrogen and oxygen atoms in total. The molecule has 7 rings (SSSR count). The van der Waals surface area contributed by atoms with Gasteiger partial charge in [0, 0.05) is 48.8 Å². The Balaban J connectivity index is 1.45. The van der Waals surface area contributed by atoms with Crippen LogP contribution in [0.2, 0.25) is 0 Å². The van der Waals surface area contributed by atoms with Gasteiger partial charge in [0.05, 0.1) is 29.7 Å². The average molecular weight is 472 g/mol. The number of nitrogens with zero attached hydrogens (tertiary/aromatic N) is 5. The van der Waals surface area contributed by atoms with Crippen LogP contribution in [0.25, 0.3) is 0 Å². The number of hydrogen-bond acceptors (Lipinski definition) is 7. The van der Waals surface area contributed by atoms with Crippen LogP contribution >= 0.6 is 11.8 Å². The number of hydrogen-bond donors (Lipinski definition) is 0. The molecule has 0 saturated heterocycles. The lowest BCUT2D eigenvalue weighted by atomic mass is 9.81. The van der Waals surface area contributed by atoms with E-state index in [2.05, 4.69) is 16.0 Å². The van der Waals surface area contributed by atoms with E-state index in [1.165, 1.54) is 4.42 Å². The molecular formula is C26H22ClN5O2. The van der Waals surface area contributed by atoms with Crippen molar-refractivity contribution in [3.63, 3.8) is 0 Å². The number of ketones is 1. The lowest BCUT2D eigenvalue weighted by Crippen LogP contribution is -2.44. The predicted octanol–water partition coefficient (Wildman–Crippen LogP) is 3.87. The maximum absolute atomic E-state index is 12.8. The van der Waals surface area contributed by atoms with Crippen molar-refractivity contribution in [1.29, 1.82) is 5.26 Å². The van der Waals surface area contributed by atoms with E-state index in [1.54, 1.807) is 6.20 Å². The molecule has 8 heteroatoms. The van der Waals surface area contributed by atoms with Crippen LogP contribution in [-0.2, 0) is 9.53 Å². The van der Waals surface area contributed by atoms with Gasteiger partial charge in [-0.1, -0.05) is 6.08 Å². The Morgan fingerprint density at radius 2 is 2.15 bits per heavy atom. The van der Waals surface area contributed by atoms with Crippen LogP contribution in [-0.4, -0.2) is 52.9 Å². The second kappa shape index (κ2) is 8.39. The summed E-state index contributed by atoms with van der Waals surface area (Å²) < 4.78 is 7.48. The van der Waals surface area contributed by atoms with Gasteiger partial charge in [0.25, 0.3) is 0 Å². The topological polar surface area (TPSA) is 81.3 Å². The van der Waals surface area contributed by atoms with Crippen molar-refractivity contribution in [2.45, 2.75) is 31.3 Å². The predicted molar refractivity (Wildman–Crippen MR) is 129 cm³/mol. The van der Waals surface area contributed by atoms with Crippen LogP contribution in [0, 0.1) is 17.2 Å². The third-order valence-electron chi connectivity index (χ3n) is 7.02. The van der Waals surface area contributed by atoms with Crippen molar-refractivity contribution in [3.8, 4) is 6.07 Å². The molecule has 7 aliphatic rings. The first-order chi connectivity index (χ1) is 16.6. The molecule has 4 aliphatic heterocycles. The highest BCUT2D eigenvalue weighted by atomic mass is 35.5. The molecule has 0 aromatic rings. The fourth-order valence-electron chi connectivity index (χ4n) is 5.27. The van der Waals surface area contributed by atoms with Gasteiger partial charge >= 0.3 is 0 Å². The van der Waals surface area contributed by atoms with Gasteiger partial charge in [0.2, 0.25) is 0 Å². The maximum Gasteiger partial charge on any atom is 0.160 e. The van der Waals surface area contributed by atoms with Gasteiger partial charge in [-0.25, -0.2) is 0 Å². The van der Waals surface area contributed by atoms with Crippen LogP contribution < -0.4 is 0 Å². The molecule has 0 N–H and O–H groups in total. The van der Waals surface area contributed by atoms with E-state index in [4.69, 9.17) is 21.5 Å². The van der Waals surface area contributed by atoms with Crippen molar-refractivity contribution in [2.24, 2.45) is 15.9 Å². The van der Waals surface area contributed by atoms with Gasteiger partial charge < -0.3 is 4.74 Å². The van der Waals surface area contributed by atoms with E-state index >= 15 is 0 Å². The molecule has 4 heterocycles. The van der Waals surface area contributed by atoms with Crippen molar-refractivity contribution >= 4 is 30.0 Å². The van der Waals surface area contributed by atoms with Gasteiger partial charge in [-0.05, 0) is 59.9 Å². The van der Waals surface area contributed by atoms with Gasteiger partial charge in [-0.2, -0.15) is 5.26 Å². The van der Waals surface area contributed by atoms with E-state index in [1.807, 2.05) is 48.9 Å². The zero-order valence-electron chi connectivity index (χ0n) is 18.4. The van der Waals surface area contributed by atoms with Crippen molar-refractivity contribution in [2.75, 3.05) is 13.3 Å². The molecule has 1 fully saturated rings. The van der Waals surface area contributed by atoms with E-state index in [0.29, 0.717) is 42.4 Å². The van der Waals surface area contributed by atoms with E-state index in [9.17, 15) is 10.1 Å². The fraction of sp³-hybridized carbons (Fsp3) is 0.308. The van der Waals surface area contributed by atoms with Crippen molar-refractivity contribution < 1.29 is 9.53 Å². The van der Waals surface area contributed by atoms with Gasteiger partial charge in [-0.3, -0.25) is 24.1 Å². The highest BCUT2D eigenvalue weighted by molar-refractivity contribution is 6.15. The van der Waals surface area contributed by atoms with Gasteiger partial charge in [-0.15, -0.1) is 0 Å². The summed E-state index contributed by atoms with van der Waals surface area (Å²) in [6.07, 6.45) is 19.2. The molecular weight excluding hydrogens is 450 g/mol. The minimum atomic E-state index is -0.218. The summed E-state index contributed by atoms with van der Waals surface area (Å²) in [5.74, 6) is 0.641. The molecule has 0 radical (unpaired) electrons. The standard InChI is InChI=1S/C26H22ClN5O2/c27-32-14-19-8-18-7-17-2-4-22(10-23(17)26(32)24(18)11-28)34-6-5-16-1-3-20(9-25(16)33)31-15-29-12-21(31)13-30-19/h2,4-5,7-8,10,12-14,20-21,23H,1,3,6,9,15H2. The fourth-order valence-corrected chi connectivity index (χ4v) is 5.56. The summed E-state index contributed by atoms with van der Waals surface area (Å²) in [5.41, 5.74) is 4.47. The summed E-state index contributed by atoms with van der Waals surface area (Å²) in [6, 6.07) is 2.35. The number of ether oxygens (including phenoxy) is 1. The molecule has 0 spiro atoms. The van der Waals surface area contributed by atoms with Crippen LogP contribution in [0.1, 0.15) is 19.3 Å². The molecule has 170 valence electrons. The summed E-state index contributed by atoms with van der Waals surface area (Å²) in [7, 11) is 0. The first-order valence-electron chi connectivity index (χ1n) is 11.4. The SMILES string of the molecule is N#CC1=C2C3C=C4C=CC3=CC1=CC(=CN2Cl)N=CC1C=NCN1C1CCC(=CCO4)C(=O)C1. The zero-order chi connectivity index (χ0) is 23.2. The van der Waals surface area contributed by atoms with Gasteiger partial charge in [0.15, 0.2) is 5.78 Å². The lowest BCUT2D eigenvalue weighted by Gasteiger charge is -2.33. The van der Waals surface area contributed by atoms with Gasteiger partial charge in [0.1, 0.15) is 18.4 Å². The summed E-state index contributed by atoms with van der Waals surface area (Å²) >= 11 is 6.71. The summed E-state index contributed by atoms with van der Waals surface area (Å²) in [5, 5.41) is 9.96. The third-order valence-corrected chi connectivity index (χ3v) is 7.30. The first-order valence-corrected chi connectivity index (χ1v) is 11.7. The average Bonchev–Trinajstić information content (AvgIpc) is 3.27. The number of nitriles is 1. The molecule has 3 unspecified atom stereocenters. The largest absolute Gasteiger partial charge is 0.490 e. The molecule has 3 aliphatic carbocycles. The number of carbonyl (C=O) groups is 1. The zero-order valence-corrected chi connectivity index (χ0v) is 19.2. The third kappa shape index (κ3) is 3.60. The molecule has 0 aromatic carbocycles. The summed E-state index contributed by atoms with van der Waals surface area (Å²) in [4.78, 5) is 24.2. The Hall–Kier alpha value is -3.47. The van der Waals surface area contributed by atoms with E-state index < -0.39 is 0 Å². The van der Waals surface area contributed by atoms with Crippen LogP contribution in [0.3, 0.4) is 0 Å². The number of fused-ring (bicyclic) bond motifs is 5. The number of halogens is 1.